The standard InChI is InChI=1S/C27H29N3O6/c1-16-13-20-21(14-17(16)2)36-26-23(25(20)32)24(18-3-5-19(6-4-18)35-15-22(28)31)30(27(26)33)8-7-29-9-11-34-12-10-29/h3-6,13-14,24H,7-12,15H2,1-2H3,(H2,28,31). The van der Waals surface area contributed by atoms with Crippen molar-refractivity contribution in [1.82, 2.24) is 9.80 Å². The summed E-state index contributed by atoms with van der Waals surface area (Å²) in [5.41, 5.74) is 8.46. The first-order valence-corrected chi connectivity index (χ1v) is 12.0. The topological polar surface area (TPSA) is 115 Å². The predicted molar refractivity (Wildman–Crippen MR) is 133 cm³/mol. The number of morpholine rings is 1. The molecule has 9 nitrogen and oxygen atoms in total. The number of benzene rings is 2. The summed E-state index contributed by atoms with van der Waals surface area (Å²) >= 11 is 0. The van der Waals surface area contributed by atoms with E-state index in [-0.39, 0.29) is 23.7 Å². The number of ether oxygens (including phenoxy) is 2. The van der Waals surface area contributed by atoms with Gasteiger partial charge in [0.1, 0.15) is 11.3 Å². The highest BCUT2D eigenvalue weighted by atomic mass is 16.5. The third kappa shape index (κ3) is 4.47. The molecule has 1 fully saturated rings. The molecule has 36 heavy (non-hydrogen) atoms. The molecule has 1 atom stereocenters. The second kappa shape index (κ2) is 9.75. The Morgan fingerprint density at radius 2 is 1.75 bits per heavy atom. The average molecular weight is 492 g/mol. The molecule has 1 unspecified atom stereocenters. The van der Waals surface area contributed by atoms with Gasteiger partial charge in [-0.15, -0.1) is 0 Å². The Morgan fingerprint density at radius 1 is 1.06 bits per heavy atom. The summed E-state index contributed by atoms with van der Waals surface area (Å²) in [6.07, 6.45) is 0. The van der Waals surface area contributed by atoms with E-state index in [1.165, 1.54) is 0 Å². The number of nitrogens with zero attached hydrogens (tertiary/aromatic N) is 2. The molecule has 0 aliphatic carbocycles. The summed E-state index contributed by atoms with van der Waals surface area (Å²) in [7, 11) is 0. The minimum absolute atomic E-state index is 0.0942. The zero-order valence-electron chi connectivity index (χ0n) is 20.4. The number of rotatable bonds is 7. The Bertz CT molecular complexity index is 1380. The molecule has 2 aliphatic rings. The lowest BCUT2D eigenvalue weighted by Crippen LogP contribution is -2.42. The molecule has 0 saturated carbocycles. The van der Waals surface area contributed by atoms with Crippen molar-refractivity contribution in [2.45, 2.75) is 19.9 Å². The lowest BCUT2D eigenvalue weighted by Gasteiger charge is -2.31. The number of hydrogen-bond donors (Lipinski definition) is 1. The molecule has 5 rings (SSSR count). The third-order valence-corrected chi connectivity index (χ3v) is 6.92. The number of amides is 2. The van der Waals surface area contributed by atoms with E-state index in [1.807, 2.05) is 26.0 Å². The molecular formula is C27H29N3O6. The molecule has 1 saturated heterocycles. The molecule has 188 valence electrons. The lowest BCUT2D eigenvalue weighted by molar-refractivity contribution is -0.119. The summed E-state index contributed by atoms with van der Waals surface area (Å²) in [4.78, 5) is 42.4. The number of carbonyl (C=O) groups is 2. The van der Waals surface area contributed by atoms with Crippen molar-refractivity contribution in [2.75, 3.05) is 46.0 Å². The van der Waals surface area contributed by atoms with E-state index in [4.69, 9.17) is 19.6 Å². The van der Waals surface area contributed by atoms with Crippen LogP contribution < -0.4 is 15.9 Å². The smallest absolute Gasteiger partial charge is 0.290 e. The van der Waals surface area contributed by atoms with Crippen molar-refractivity contribution in [2.24, 2.45) is 5.73 Å². The average Bonchev–Trinajstić information content (AvgIpc) is 3.15. The fraction of sp³-hybridized carbons (Fsp3) is 0.370. The Balaban J connectivity index is 1.56. The van der Waals surface area contributed by atoms with E-state index in [0.717, 1.165) is 29.8 Å². The van der Waals surface area contributed by atoms with Crippen LogP contribution in [0.4, 0.5) is 0 Å². The summed E-state index contributed by atoms with van der Waals surface area (Å²) in [6.45, 7) is 7.67. The van der Waals surface area contributed by atoms with Crippen LogP contribution in [0, 0.1) is 13.8 Å². The molecule has 0 spiro atoms. The SMILES string of the molecule is Cc1cc2oc3c(c(=O)c2cc1C)C(c1ccc(OCC(N)=O)cc1)N(CCN1CCOCC1)C3=O. The highest BCUT2D eigenvalue weighted by Gasteiger charge is 2.42. The second-order valence-corrected chi connectivity index (χ2v) is 9.29. The van der Waals surface area contributed by atoms with Gasteiger partial charge in [-0.05, 0) is 54.8 Å². The van der Waals surface area contributed by atoms with Gasteiger partial charge in [0.05, 0.1) is 30.2 Å². The van der Waals surface area contributed by atoms with Crippen molar-refractivity contribution in [3.05, 3.63) is 74.6 Å². The van der Waals surface area contributed by atoms with E-state index in [1.54, 1.807) is 29.2 Å². The summed E-state index contributed by atoms with van der Waals surface area (Å²) < 4.78 is 16.9. The van der Waals surface area contributed by atoms with E-state index in [0.29, 0.717) is 48.6 Å². The first-order chi connectivity index (χ1) is 17.3. The van der Waals surface area contributed by atoms with E-state index in [9.17, 15) is 14.4 Å². The first kappa shape index (κ1) is 24.0. The van der Waals surface area contributed by atoms with Crippen LogP contribution >= 0.6 is 0 Å². The monoisotopic (exact) mass is 491 g/mol. The van der Waals surface area contributed by atoms with E-state index >= 15 is 0 Å². The Morgan fingerprint density at radius 3 is 2.44 bits per heavy atom. The van der Waals surface area contributed by atoms with Gasteiger partial charge in [0.2, 0.25) is 5.76 Å². The van der Waals surface area contributed by atoms with Gasteiger partial charge in [-0.1, -0.05) is 12.1 Å². The zero-order valence-corrected chi connectivity index (χ0v) is 20.4. The summed E-state index contributed by atoms with van der Waals surface area (Å²) in [6, 6.07) is 10.1. The number of primary amides is 1. The van der Waals surface area contributed by atoms with Crippen LogP contribution in [-0.4, -0.2) is 67.6 Å². The number of fused-ring (bicyclic) bond motifs is 2. The van der Waals surface area contributed by atoms with Crippen LogP contribution in [-0.2, 0) is 9.53 Å². The van der Waals surface area contributed by atoms with Gasteiger partial charge in [-0.2, -0.15) is 0 Å². The van der Waals surface area contributed by atoms with Crippen molar-refractivity contribution in [3.8, 4) is 5.75 Å². The van der Waals surface area contributed by atoms with Gasteiger partial charge in [0.25, 0.3) is 11.8 Å². The fourth-order valence-electron chi connectivity index (χ4n) is 4.83. The molecule has 2 aliphatic heterocycles. The fourth-order valence-corrected chi connectivity index (χ4v) is 4.83. The van der Waals surface area contributed by atoms with Gasteiger partial charge < -0.3 is 24.5 Å². The minimum atomic E-state index is -0.596. The van der Waals surface area contributed by atoms with Crippen LogP contribution in [0.25, 0.3) is 11.0 Å². The molecule has 3 heterocycles. The van der Waals surface area contributed by atoms with Gasteiger partial charge >= 0.3 is 0 Å². The minimum Gasteiger partial charge on any atom is -0.484 e. The van der Waals surface area contributed by atoms with Crippen LogP contribution in [0.1, 0.15) is 38.9 Å². The summed E-state index contributed by atoms with van der Waals surface area (Å²) in [5, 5.41) is 0.464. The Labute approximate surface area is 208 Å². The molecule has 0 bridgehead atoms. The Hall–Kier alpha value is -3.69. The molecule has 3 aromatic rings. The van der Waals surface area contributed by atoms with Crippen LogP contribution in [0.15, 0.2) is 45.6 Å². The maximum absolute atomic E-state index is 13.8. The normalized spacial score (nSPS) is 18.0. The first-order valence-electron chi connectivity index (χ1n) is 12.0. The quantitative estimate of drug-likeness (QED) is 0.538. The Kier molecular flexibility index (Phi) is 6.51. The molecule has 2 aromatic carbocycles. The van der Waals surface area contributed by atoms with Crippen molar-refractivity contribution < 1.29 is 23.5 Å². The van der Waals surface area contributed by atoms with Crippen molar-refractivity contribution in [3.63, 3.8) is 0 Å². The maximum atomic E-state index is 13.8. The van der Waals surface area contributed by atoms with Gasteiger partial charge in [-0.25, -0.2) is 0 Å². The van der Waals surface area contributed by atoms with Crippen LogP contribution in [0.2, 0.25) is 0 Å². The molecule has 2 amide bonds. The number of nitrogens with two attached hydrogens (primary N) is 1. The molecular weight excluding hydrogens is 462 g/mol. The van der Waals surface area contributed by atoms with Crippen molar-refractivity contribution >= 4 is 22.8 Å². The molecule has 0 radical (unpaired) electrons. The molecule has 9 heteroatoms. The highest BCUT2D eigenvalue weighted by molar-refractivity contribution is 5.99. The van der Waals surface area contributed by atoms with E-state index in [2.05, 4.69) is 4.90 Å². The molecule has 1 aromatic heterocycles. The maximum Gasteiger partial charge on any atom is 0.290 e. The zero-order chi connectivity index (χ0) is 25.4. The number of hydrogen-bond acceptors (Lipinski definition) is 7. The van der Waals surface area contributed by atoms with Gasteiger partial charge in [-0.3, -0.25) is 19.3 Å². The second-order valence-electron chi connectivity index (χ2n) is 9.29. The largest absolute Gasteiger partial charge is 0.484 e. The molecule has 2 N–H and O–H groups in total. The van der Waals surface area contributed by atoms with E-state index < -0.39 is 11.9 Å². The van der Waals surface area contributed by atoms with Gasteiger partial charge in [0.15, 0.2) is 12.0 Å². The summed E-state index contributed by atoms with van der Waals surface area (Å²) in [5.74, 6) is -0.302. The van der Waals surface area contributed by atoms with Crippen LogP contribution in [0.3, 0.4) is 0 Å². The highest BCUT2D eigenvalue weighted by Crippen LogP contribution is 2.38. The predicted octanol–water partition coefficient (Wildman–Crippen LogP) is 2.15. The van der Waals surface area contributed by atoms with Crippen molar-refractivity contribution in [1.29, 1.82) is 0 Å². The van der Waals surface area contributed by atoms with Crippen LogP contribution in [0.5, 0.6) is 5.75 Å². The lowest BCUT2D eigenvalue weighted by atomic mass is 9.97. The number of aryl methyl sites for hydroxylation is 2. The van der Waals surface area contributed by atoms with Gasteiger partial charge in [0, 0.05) is 26.2 Å². The third-order valence-electron chi connectivity index (χ3n) is 6.92. The number of carbonyl (C=O) groups excluding carboxylic acids is 2.